The predicted octanol–water partition coefficient (Wildman–Crippen LogP) is 6.22. The van der Waals surface area contributed by atoms with E-state index in [1.807, 2.05) is 68.4 Å². The molecule has 1 fully saturated rings. The quantitative estimate of drug-likeness (QED) is 0.132. The van der Waals surface area contributed by atoms with Crippen LogP contribution < -0.4 is 9.80 Å². The average Bonchev–Trinajstić information content (AvgIpc) is 3.63. The van der Waals surface area contributed by atoms with Crippen molar-refractivity contribution in [3.8, 4) is 0 Å². The molecule has 1 atom stereocenters. The van der Waals surface area contributed by atoms with Crippen LogP contribution in [0, 0.1) is 0 Å². The summed E-state index contributed by atoms with van der Waals surface area (Å²) in [7, 11) is 0. The number of aromatic nitrogens is 2. The summed E-state index contributed by atoms with van der Waals surface area (Å²) in [6, 6.07) is 19.5. The van der Waals surface area contributed by atoms with E-state index < -0.39 is 27.4 Å². The van der Waals surface area contributed by atoms with Crippen molar-refractivity contribution >= 4 is 58.4 Å². The normalized spacial score (nSPS) is 14.3. The van der Waals surface area contributed by atoms with Gasteiger partial charge in [0.05, 0.1) is 0 Å². The Morgan fingerprint density at radius 3 is 2.42 bits per heavy atom. The molecule has 10 heteroatoms. The molecule has 0 spiro atoms. The standard InChI is InChI=1S/C35H43AsN4O4S/c1-4-5-6-13-22-44-34(43)40-33-28(23-29(45-33)32(42)37-35(2,3)27-14-9-7-10-15-27)30(38-40)36-31(41)26-18-16-25(17-19-26)24-39-20-11-8-12-21-39/h7,9-10,14-19,23,36H,4-6,8,11-13,20-22,24H2,1-3H3,(H,37,42). The number of unbranched alkanes of at least 4 members (excludes halogenated alkanes) is 3. The summed E-state index contributed by atoms with van der Waals surface area (Å²) in [6.45, 7) is 9.50. The summed E-state index contributed by atoms with van der Waals surface area (Å²) in [4.78, 5) is 43.6. The van der Waals surface area contributed by atoms with Crippen molar-refractivity contribution in [2.75, 3.05) is 19.7 Å². The van der Waals surface area contributed by atoms with Gasteiger partial charge in [-0.1, -0.05) is 0 Å². The summed E-state index contributed by atoms with van der Waals surface area (Å²) in [5.41, 5.74) is 2.23. The molecule has 2 aromatic carbocycles. The van der Waals surface area contributed by atoms with Crippen molar-refractivity contribution < 1.29 is 19.1 Å². The first-order chi connectivity index (χ1) is 21.7. The van der Waals surface area contributed by atoms with Crippen molar-refractivity contribution in [3.63, 3.8) is 0 Å². The van der Waals surface area contributed by atoms with Crippen LogP contribution in [0.1, 0.15) is 96.9 Å². The molecule has 1 aliphatic heterocycles. The first kappa shape index (κ1) is 33.1. The topological polar surface area (TPSA) is 93.5 Å². The number of nitrogens with zero attached hydrogens (tertiary/aromatic N) is 3. The van der Waals surface area contributed by atoms with Crippen molar-refractivity contribution in [3.05, 3.63) is 82.2 Å². The third kappa shape index (κ3) is 8.51. The van der Waals surface area contributed by atoms with Crippen LogP contribution in [0.15, 0.2) is 60.7 Å². The summed E-state index contributed by atoms with van der Waals surface area (Å²) in [6.07, 6.45) is 7.15. The molecular weight excluding hydrogens is 647 g/mol. The fourth-order valence-corrected chi connectivity index (χ4v) is 8.86. The second kappa shape index (κ2) is 15.3. The number of thiophene rings is 1. The zero-order valence-electron chi connectivity index (χ0n) is 26.4. The van der Waals surface area contributed by atoms with Crippen LogP contribution in [-0.4, -0.2) is 66.7 Å². The monoisotopic (exact) mass is 690 g/mol. The number of carbonyl (C=O) groups is 3. The molecule has 4 aromatic rings. The molecule has 1 amide bonds. The van der Waals surface area contributed by atoms with Gasteiger partial charge in [0, 0.05) is 0 Å². The maximum atomic E-state index is 13.5. The van der Waals surface area contributed by atoms with Crippen molar-refractivity contribution in [1.82, 2.24) is 20.0 Å². The Hall–Kier alpha value is -3.26. The molecule has 3 heterocycles. The number of nitrogens with one attached hydrogen (secondary N) is 1. The number of ether oxygens (including phenoxy) is 1. The van der Waals surface area contributed by atoms with Crippen molar-refractivity contribution in [2.45, 2.75) is 77.8 Å². The van der Waals surface area contributed by atoms with Crippen LogP contribution in [-0.2, 0) is 16.8 Å². The first-order valence-electron chi connectivity index (χ1n) is 16.0. The van der Waals surface area contributed by atoms with Gasteiger partial charge in [0.2, 0.25) is 0 Å². The van der Waals surface area contributed by atoms with E-state index >= 15 is 0 Å². The molecule has 1 N–H and O–H groups in total. The van der Waals surface area contributed by atoms with E-state index in [1.54, 1.807) is 6.07 Å². The Kier molecular flexibility index (Phi) is 11.3. The number of fused-ring (bicyclic) bond motifs is 1. The van der Waals surface area contributed by atoms with Crippen molar-refractivity contribution in [2.24, 2.45) is 0 Å². The van der Waals surface area contributed by atoms with E-state index in [4.69, 9.17) is 4.74 Å². The summed E-state index contributed by atoms with van der Waals surface area (Å²) in [5, 5.41) is 8.39. The van der Waals surface area contributed by atoms with Gasteiger partial charge in [-0.25, -0.2) is 0 Å². The zero-order chi connectivity index (χ0) is 31.8. The average molecular weight is 691 g/mol. The SMILES string of the molecule is CCCCCCOC(=O)n1nc([AsH]C(=O)c2ccc(CN3CCCCC3)cc2)c2cc(C(=O)NC(C)(C)c3ccccc3)sc21. The second-order valence-corrected chi connectivity index (χ2v) is 15.7. The molecule has 0 radical (unpaired) electrons. The van der Waals surface area contributed by atoms with E-state index in [0.717, 1.165) is 50.9 Å². The van der Waals surface area contributed by atoms with Gasteiger partial charge < -0.3 is 0 Å². The predicted molar refractivity (Wildman–Crippen MR) is 182 cm³/mol. The number of likely N-dealkylation sites (tertiary alicyclic amines) is 1. The fraction of sp³-hybridized carbons (Fsp3) is 0.429. The number of rotatable bonds is 13. The fourth-order valence-electron chi connectivity index (χ4n) is 5.57. The van der Waals surface area contributed by atoms with Gasteiger partial charge >= 0.3 is 277 Å². The minimum absolute atomic E-state index is 0.0291. The Morgan fingerprint density at radius 1 is 0.978 bits per heavy atom. The third-order valence-electron chi connectivity index (χ3n) is 8.20. The Balaban J connectivity index is 1.36. The van der Waals surface area contributed by atoms with E-state index in [0.29, 0.717) is 31.7 Å². The number of amides is 1. The number of benzene rings is 2. The molecule has 0 aliphatic carbocycles. The van der Waals surface area contributed by atoms with Gasteiger partial charge in [-0.05, 0) is 0 Å². The Bertz CT molecular complexity index is 1610. The van der Waals surface area contributed by atoms with E-state index in [1.165, 1.54) is 40.8 Å². The van der Waals surface area contributed by atoms with Crippen LogP contribution in [0.25, 0.3) is 10.2 Å². The van der Waals surface area contributed by atoms with Crippen molar-refractivity contribution in [1.29, 1.82) is 0 Å². The summed E-state index contributed by atoms with van der Waals surface area (Å²) in [5.74, 6) is -0.244. The van der Waals surface area contributed by atoms with Crippen LogP contribution in [0.2, 0.25) is 0 Å². The number of piperidine rings is 1. The van der Waals surface area contributed by atoms with E-state index in [2.05, 4.69) is 22.2 Å². The molecule has 238 valence electrons. The molecule has 0 saturated carbocycles. The molecule has 45 heavy (non-hydrogen) atoms. The molecular formula is C35H43AsN4O4S. The van der Waals surface area contributed by atoms with Crippen LogP contribution >= 0.6 is 11.3 Å². The van der Waals surface area contributed by atoms with Gasteiger partial charge in [-0.2, -0.15) is 0 Å². The molecule has 0 bridgehead atoms. The molecule has 2 aromatic heterocycles. The third-order valence-corrected chi connectivity index (χ3v) is 11.7. The zero-order valence-corrected chi connectivity index (χ0v) is 29.3. The van der Waals surface area contributed by atoms with Crippen LogP contribution in [0.4, 0.5) is 4.79 Å². The summed E-state index contributed by atoms with van der Waals surface area (Å²) < 4.78 is 7.41. The number of carbonyl (C=O) groups excluding carboxylic acids is 3. The molecule has 8 nitrogen and oxygen atoms in total. The van der Waals surface area contributed by atoms with Crippen LogP contribution in [0.3, 0.4) is 0 Å². The maximum absolute atomic E-state index is 13.5. The van der Waals surface area contributed by atoms with Gasteiger partial charge in [0.1, 0.15) is 0 Å². The van der Waals surface area contributed by atoms with Gasteiger partial charge in [0.25, 0.3) is 0 Å². The molecule has 1 aliphatic rings. The molecule has 5 rings (SSSR count). The van der Waals surface area contributed by atoms with Gasteiger partial charge in [-0.15, -0.1) is 0 Å². The van der Waals surface area contributed by atoms with Crippen LogP contribution in [0.5, 0.6) is 0 Å². The number of hydrogen-bond acceptors (Lipinski definition) is 7. The van der Waals surface area contributed by atoms with E-state index in [-0.39, 0.29) is 10.5 Å². The summed E-state index contributed by atoms with van der Waals surface area (Å²) >= 11 is -0.230. The van der Waals surface area contributed by atoms with E-state index in [9.17, 15) is 14.4 Å². The van der Waals surface area contributed by atoms with Gasteiger partial charge in [0.15, 0.2) is 0 Å². The Morgan fingerprint density at radius 2 is 1.71 bits per heavy atom. The van der Waals surface area contributed by atoms with Gasteiger partial charge in [-0.3, -0.25) is 0 Å². The molecule has 1 unspecified atom stereocenters. The molecule has 1 saturated heterocycles. The number of hydrogen-bond donors (Lipinski definition) is 1. The minimum atomic E-state index is -1.43. The second-order valence-electron chi connectivity index (χ2n) is 12.2. The Labute approximate surface area is 276 Å². The first-order valence-corrected chi connectivity index (χ1v) is 18.9.